The third-order valence-corrected chi connectivity index (χ3v) is 3.29. The van der Waals surface area contributed by atoms with E-state index in [1.807, 2.05) is 0 Å². The van der Waals surface area contributed by atoms with E-state index in [9.17, 15) is 0 Å². The predicted octanol–water partition coefficient (Wildman–Crippen LogP) is -4.19. The summed E-state index contributed by atoms with van der Waals surface area (Å²) < 4.78 is 2.32. The van der Waals surface area contributed by atoms with E-state index in [0.717, 1.165) is 0 Å². The van der Waals surface area contributed by atoms with Gasteiger partial charge in [0.05, 0.1) is 20.8 Å². The van der Waals surface area contributed by atoms with E-state index in [1.54, 1.807) is 0 Å². The number of nitrogens with two attached hydrogens (primary N) is 1. The first-order chi connectivity index (χ1) is 2.27. The SMILES string of the molecule is N[SiH2]N([SiH3])[SiH3]. The van der Waals surface area contributed by atoms with Crippen molar-refractivity contribution in [3.05, 3.63) is 0 Å². The van der Waals surface area contributed by atoms with Gasteiger partial charge in [-0.3, -0.25) is 0 Å². The van der Waals surface area contributed by atoms with Crippen molar-refractivity contribution in [2.45, 2.75) is 0 Å². The van der Waals surface area contributed by atoms with Crippen LogP contribution in [0.3, 0.4) is 0 Å². The van der Waals surface area contributed by atoms with Crippen LogP contribution in [0.4, 0.5) is 0 Å². The highest BCUT2D eigenvalue weighted by Gasteiger charge is 1.73. The molecule has 0 radical (unpaired) electrons. The normalized spacial score (nSPS) is 13.2. The fourth-order valence-corrected chi connectivity index (χ4v) is 0. The van der Waals surface area contributed by atoms with Crippen molar-refractivity contribution < 1.29 is 0 Å². The zero-order valence-electron chi connectivity index (χ0n) is 3.73. The van der Waals surface area contributed by atoms with Gasteiger partial charge in [0.15, 0.2) is 9.84 Å². The van der Waals surface area contributed by atoms with Crippen molar-refractivity contribution in [1.29, 1.82) is 0 Å². The number of hydrogen-bond donors (Lipinski definition) is 1. The molecule has 0 aliphatic rings. The monoisotopic (exact) mass is 122 g/mol. The molecule has 5 heteroatoms. The van der Waals surface area contributed by atoms with Crippen LogP contribution in [0, 0.1) is 0 Å². The molecule has 0 amide bonds. The third kappa shape index (κ3) is 4.57. The fourth-order valence-electron chi connectivity index (χ4n) is 0. The average Bonchev–Trinajstić information content (AvgIpc) is 1.38. The molecule has 0 saturated heterocycles. The van der Waals surface area contributed by atoms with Gasteiger partial charge in [-0.1, -0.05) is 0 Å². The van der Waals surface area contributed by atoms with Crippen LogP contribution < -0.4 is 5.40 Å². The van der Waals surface area contributed by atoms with Crippen LogP contribution in [0.5, 0.6) is 0 Å². The first kappa shape index (κ1) is 5.57. The van der Waals surface area contributed by atoms with Gasteiger partial charge in [0.1, 0.15) is 0 Å². The second-order valence-electron chi connectivity index (χ2n) is 1.26. The van der Waals surface area contributed by atoms with Gasteiger partial charge in [0, 0.05) is 0 Å². The molecule has 0 aromatic carbocycles. The molecule has 0 fully saturated rings. The zero-order valence-corrected chi connectivity index (χ0v) is 9.15. The van der Waals surface area contributed by atoms with E-state index in [1.165, 1.54) is 20.8 Å². The van der Waals surface area contributed by atoms with Crippen molar-refractivity contribution >= 4 is 30.7 Å². The molecule has 0 atom stereocenters. The molecular formula is H10N2Si3. The molecule has 0 rings (SSSR count). The fraction of sp³-hybridized carbons (Fsp3) is 0. The quantitative estimate of drug-likeness (QED) is 0.358. The van der Waals surface area contributed by atoms with Crippen LogP contribution in [0.2, 0.25) is 0 Å². The minimum absolute atomic E-state index is 0.194. The Hall–Kier alpha value is 0.571. The molecule has 0 bridgehead atoms. The Morgan fingerprint density at radius 2 is 1.80 bits per heavy atom. The van der Waals surface area contributed by atoms with Crippen molar-refractivity contribution in [1.82, 2.24) is 3.90 Å². The molecule has 0 unspecified atom stereocenters. The van der Waals surface area contributed by atoms with Crippen LogP contribution in [0.15, 0.2) is 0 Å². The third-order valence-electron chi connectivity index (χ3n) is 0.365. The van der Waals surface area contributed by atoms with E-state index in [4.69, 9.17) is 5.40 Å². The molecule has 0 heterocycles. The van der Waals surface area contributed by atoms with Crippen LogP contribution in [0.1, 0.15) is 0 Å². The highest BCUT2D eigenvalue weighted by Crippen LogP contribution is 1.46. The number of rotatable bonds is 1. The molecule has 0 spiro atoms. The van der Waals surface area contributed by atoms with Gasteiger partial charge in [-0.15, -0.1) is 0 Å². The van der Waals surface area contributed by atoms with Crippen molar-refractivity contribution in [2.24, 2.45) is 5.40 Å². The molecule has 0 aliphatic heterocycles. The summed E-state index contributed by atoms with van der Waals surface area (Å²) in [5, 5.41) is 5.31. The summed E-state index contributed by atoms with van der Waals surface area (Å²) in [6, 6.07) is 0. The maximum absolute atomic E-state index is 5.31. The lowest BCUT2D eigenvalue weighted by Gasteiger charge is -1.99. The van der Waals surface area contributed by atoms with E-state index in [-0.39, 0.29) is 9.84 Å². The molecule has 0 aromatic rings. The minimum Gasteiger partial charge on any atom is -0.376 e. The largest absolute Gasteiger partial charge is 0.376 e. The Bertz CT molecular complexity index is 18.9. The second kappa shape index (κ2) is 2.79. The summed E-state index contributed by atoms with van der Waals surface area (Å²) in [5.41, 5.74) is 0. The predicted molar refractivity (Wildman–Crippen MR) is 34.4 cm³/mol. The van der Waals surface area contributed by atoms with Crippen molar-refractivity contribution in [3.8, 4) is 0 Å². The van der Waals surface area contributed by atoms with E-state index in [2.05, 4.69) is 3.90 Å². The summed E-state index contributed by atoms with van der Waals surface area (Å²) in [7, 11) is 2.21. The van der Waals surface area contributed by atoms with Crippen LogP contribution in [-0.2, 0) is 0 Å². The van der Waals surface area contributed by atoms with Crippen LogP contribution in [-0.4, -0.2) is 34.5 Å². The molecule has 2 N–H and O–H groups in total. The van der Waals surface area contributed by atoms with Crippen molar-refractivity contribution in [3.63, 3.8) is 0 Å². The molecule has 2 nitrogen and oxygen atoms in total. The van der Waals surface area contributed by atoms with Gasteiger partial charge >= 0.3 is 0 Å². The molecule has 5 heavy (non-hydrogen) atoms. The van der Waals surface area contributed by atoms with E-state index >= 15 is 0 Å². The molecule has 0 aromatic heterocycles. The Balaban J connectivity index is 2.54. The van der Waals surface area contributed by atoms with Gasteiger partial charge < -0.3 is 9.30 Å². The summed E-state index contributed by atoms with van der Waals surface area (Å²) in [6.45, 7) is 0. The van der Waals surface area contributed by atoms with Crippen LogP contribution >= 0.6 is 0 Å². The van der Waals surface area contributed by atoms with E-state index in [0.29, 0.717) is 0 Å². The first-order valence-electron chi connectivity index (χ1n) is 1.62. The Labute approximate surface area is 40.7 Å². The highest BCUT2D eigenvalue weighted by atomic mass is 28.3. The standard InChI is InChI=1S/H10N2Si3/c1-5-2(3)4/h1,5H2,3-4H3. The molecular weight excluding hydrogens is 112 g/mol. The Kier molecular flexibility index (Phi) is 3.11. The van der Waals surface area contributed by atoms with E-state index < -0.39 is 0 Å². The van der Waals surface area contributed by atoms with Gasteiger partial charge in [-0.05, 0) is 0 Å². The number of hydrogen-bond acceptors (Lipinski definition) is 2. The Morgan fingerprint density at radius 3 is 1.80 bits per heavy atom. The smallest absolute Gasteiger partial charge is 0.153 e. The molecule has 0 saturated carbocycles. The van der Waals surface area contributed by atoms with Gasteiger partial charge in [0.2, 0.25) is 0 Å². The maximum atomic E-state index is 5.31. The Morgan fingerprint density at radius 1 is 1.60 bits per heavy atom. The molecule has 0 aliphatic carbocycles. The summed E-state index contributed by atoms with van der Waals surface area (Å²) in [6.07, 6.45) is 0. The average molecular weight is 122 g/mol. The molecule has 32 valence electrons. The van der Waals surface area contributed by atoms with Crippen molar-refractivity contribution in [2.75, 3.05) is 0 Å². The summed E-state index contributed by atoms with van der Waals surface area (Å²) in [5.74, 6) is 0. The van der Waals surface area contributed by atoms with Crippen LogP contribution in [0.25, 0.3) is 0 Å². The highest BCUT2D eigenvalue weighted by molar-refractivity contribution is 6.50. The lowest BCUT2D eigenvalue weighted by Crippen LogP contribution is -2.28. The summed E-state index contributed by atoms with van der Waals surface area (Å²) >= 11 is 0. The zero-order chi connectivity index (χ0) is 4.28. The van der Waals surface area contributed by atoms with Gasteiger partial charge in [0.25, 0.3) is 0 Å². The maximum Gasteiger partial charge on any atom is 0.153 e. The number of nitrogens with zero attached hydrogens (tertiary/aromatic N) is 1. The van der Waals surface area contributed by atoms with Gasteiger partial charge in [-0.2, -0.15) is 0 Å². The first-order valence-corrected chi connectivity index (χ1v) is 4.86. The minimum atomic E-state index is -0.194. The summed E-state index contributed by atoms with van der Waals surface area (Å²) in [4.78, 5) is 0. The second-order valence-corrected chi connectivity index (χ2v) is 10.3. The van der Waals surface area contributed by atoms with Gasteiger partial charge in [-0.25, -0.2) is 0 Å². The lowest BCUT2D eigenvalue weighted by atomic mass is 13.8. The lowest BCUT2D eigenvalue weighted by molar-refractivity contribution is 1.14. The topological polar surface area (TPSA) is 29.3 Å².